The summed E-state index contributed by atoms with van der Waals surface area (Å²) < 4.78 is 0.582. The number of rotatable bonds is 16. The highest BCUT2D eigenvalue weighted by Gasteiger charge is 2.56. The molecule has 20 nitrogen and oxygen atoms in total. The van der Waals surface area contributed by atoms with Crippen molar-refractivity contribution in [3.8, 4) is 11.5 Å². The lowest BCUT2D eigenvalue weighted by molar-refractivity contribution is -0.941. The number of benzene rings is 1. The molecule has 3 atom stereocenters. The number of aromatic hydroxyl groups is 2. The molecule has 0 aliphatic carbocycles. The number of phenolic OH excluding ortho intramolecular Hbond substituents is 2. The van der Waals surface area contributed by atoms with Crippen molar-refractivity contribution >= 4 is 86.8 Å². The summed E-state index contributed by atoms with van der Waals surface area (Å²) in [6.45, 7) is 2.65. The molecule has 4 fully saturated rings. The minimum atomic E-state index is -1.92. The fourth-order valence-corrected chi connectivity index (χ4v) is 9.87. The van der Waals surface area contributed by atoms with Crippen LogP contribution in [0.1, 0.15) is 43.4 Å². The van der Waals surface area contributed by atoms with Gasteiger partial charge in [-0.2, -0.15) is 0 Å². The first-order valence-corrected chi connectivity index (χ1v) is 19.7. The van der Waals surface area contributed by atoms with Crippen LogP contribution in [0.5, 0.6) is 11.5 Å². The molecule has 2 amide bonds. The summed E-state index contributed by atoms with van der Waals surface area (Å²) in [6, 6.07) is 2.35. The van der Waals surface area contributed by atoms with E-state index in [0.717, 1.165) is 17.4 Å². The predicted molar refractivity (Wildman–Crippen MR) is 201 cm³/mol. The zero-order valence-electron chi connectivity index (χ0n) is 29.8. The molecular formula is C34H37ClN7O13S2+. The van der Waals surface area contributed by atoms with E-state index in [1.165, 1.54) is 28.1 Å². The number of carbonyl (C=O) groups excluding carboxylic acids is 3. The Morgan fingerprint density at radius 2 is 1.79 bits per heavy atom. The number of hydrogen-bond acceptors (Lipinski definition) is 16. The number of oxime groups is 2. The van der Waals surface area contributed by atoms with E-state index in [1.54, 1.807) is 0 Å². The lowest BCUT2D eigenvalue weighted by Crippen LogP contribution is -2.66. The number of quaternary nitrogens is 1. The van der Waals surface area contributed by atoms with Crippen molar-refractivity contribution in [1.82, 2.24) is 15.2 Å². The Bertz CT molecular complexity index is 2120. The molecule has 0 spiro atoms. The molecule has 4 saturated heterocycles. The first-order chi connectivity index (χ1) is 27.0. The van der Waals surface area contributed by atoms with Gasteiger partial charge in [-0.15, -0.1) is 23.1 Å². The Hall–Kier alpha value is -5.45. The van der Waals surface area contributed by atoms with Crippen LogP contribution in [0.25, 0.3) is 0 Å². The molecule has 6 heterocycles. The zero-order chi connectivity index (χ0) is 41.4. The van der Waals surface area contributed by atoms with Gasteiger partial charge >= 0.3 is 17.9 Å². The van der Waals surface area contributed by atoms with E-state index in [-0.39, 0.29) is 44.8 Å². The highest BCUT2D eigenvalue weighted by molar-refractivity contribution is 8.00. The van der Waals surface area contributed by atoms with Gasteiger partial charge in [0.2, 0.25) is 12.0 Å². The molecule has 5 aliphatic rings. The minimum Gasteiger partial charge on any atom is -0.504 e. The third kappa shape index (κ3) is 8.20. The van der Waals surface area contributed by atoms with Crippen LogP contribution < -0.4 is 11.1 Å². The lowest BCUT2D eigenvalue weighted by atomic mass is 9.70. The molecule has 0 saturated carbocycles. The fraction of sp³-hybridized carbons (Fsp3) is 0.441. The van der Waals surface area contributed by atoms with Crippen molar-refractivity contribution in [2.75, 3.05) is 44.2 Å². The maximum absolute atomic E-state index is 13.6. The summed E-state index contributed by atoms with van der Waals surface area (Å²) >= 11 is 8.35. The van der Waals surface area contributed by atoms with E-state index in [9.17, 15) is 54.4 Å². The fourth-order valence-electron chi connectivity index (χ4n) is 7.67. The van der Waals surface area contributed by atoms with Gasteiger partial charge in [0.1, 0.15) is 17.9 Å². The number of hydrogen-bond donors (Lipinski definition) is 8. The number of Topliss-reactive ketones (excluding diaryl/α,β-unsaturated/α-hetero) is 1. The Kier molecular flexibility index (Phi) is 11.7. The van der Waals surface area contributed by atoms with Crippen molar-refractivity contribution in [3.05, 3.63) is 45.1 Å². The van der Waals surface area contributed by atoms with E-state index < -0.39 is 88.7 Å². The second-order valence-electron chi connectivity index (χ2n) is 14.3. The Balaban J connectivity index is 1.10. The van der Waals surface area contributed by atoms with Gasteiger partial charge in [0.05, 0.1) is 42.4 Å². The summed E-state index contributed by atoms with van der Waals surface area (Å²) in [5.41, 5.74) is 4.84. The molecule has 2 bridgehead atoms. The number of nitrogens with one attached hydrogen (secondary N) is 1. The quantitative estimate of drug-likeness (QED) is 0.0294. The maximum atomic E-state index is 13.6. The molecule has 0 radical (unpaired) electrons. The van der Waals surface area contributed by atoms with Crippen molar-refractivity contribution < 1.29 is 68.8 Å². The number of β-lactam (4-membered cyclic amide) rings is 1. The van der Waals surface area contributed by atoms with Crippen LogP contribution in [0.15, 0.2) is 39.1 Å². The number of thioether (sulfide) groups is 1. The van der Waals surface area contributed by atoms with Gasteiger partial charge in [0.15, 0.2) is 33.8 Å². The number of fused-ring (bicyclic) bond motifs is 4. The summed E-state index contributed by atoms with van der Waals surface area (Å²) in [6.07, 6.45) is -1.23. The van der Waals surface area contributed by atoms with Crippen LogP contribution in [0.2, 0.25) is 5.02 Å². The van der Waals surface area contributed by atoms with Gasteiger partial charge in [-0.3, -0.25) is 24.1 Å². The number of nitrogens with zero attached hydrogens (tertiary/aromatic N) is 5. The number of amides is 2. The molecule has 2 aromatic rings. The number of halogens is 1. The van der Waals surface area contributed by atoms with E-state index >= 15 is 0 Å². The van der Waals surface area contributed by atoms with E-state index in [2.05, 4.69) is 20.6 Å². The van der Waals surface area contributed by atoms with E-state index in [1.807, 2.05) is 0 Å². The standard InChI is InChI=1S/C34H36ClN7O13S2/c35-23-16(1-2-19(43)27(23)47)24(39-54)28(48)37-14-34-3-6-42(7-4-34,8-5-34)11-15-12-56-30-17(29(49)41(30)26(15)32(52)53)9-20(44)25(18-13-57-33(36)38-18)40-55-21(31(50)51)10-22(45)46/h1-2,13,17,21,30H,3-12,14H2,(H8-,36,37,38,39,40,43,44,45,46,47,48,50,51,52,53,54)/p+1/t17-,21+,30-,34?,42?/m1/s1. The first kappa shape index (κ1) is 41.2. The molecule has 1 aromatic carbocycles. The van der Waals surface area contributed by atoms with Gasteiger partial charge in [-0.1, -0.05) is 21.9 Å². The van der Waals surface area contributed by atoms with Crippen LogP contribution in [0.4, 0.5) is 5.13 Å². The van der Waals surface area contributed by atoms with Gasteiger partial charge in [-0.25, -0.2) is 14.6 Å². The highest BCUT2D eigenvalue weighted by Crippen LogP contribution is 2.48. The average molecular weight is 851 g/mol. The van der Waals surface area contributed by atoms with Gasteiger partial charge < -0.3 is 51.1 Å². The maximum Gasteiger partial charge on any atom is 0.352 e. The van der Waals surface area contributed by atoms with Crippen LogP contribution in [0, 0.1) is 11.3 Å². The average Bonchev–Trinajstić information content (AvgIpc) is 3.61. The molecule has 0 unspecified atom stereocenters. The number of nitrogen functional groups attached to an aromatic ring is 1. The van der Waals surface area contributed by atoms with Gasteiger partial charge in [0, 0.05) is 59.9 Å². The van der Waals surface area contributed by atoms with E-state index in [0.29, 0.717) is 55.5 Å². The van der Waals surface area contributed by atoms with Gasteiger partial charge in [0.25, 0.3) is 5.91 Å². The predicted octanol–water partition coefficient (Wildman–Crippen LogP) is 1.26. The van der Waals surface area contributed by atoms with Crippen molar-refractivity contribution in [2.24, 2.45) is 21.6 Å². The van der Waals surface area contributed by atoms with Gasteiger partial charge in [-0.05, 0) is 12.1 Å². The monoisotopic (exact) mass is 850 g/mol. The lowest BCUT2D eigenvalue weighted by Gasteiger charge is -2.56. The normalized spacial score (nSPS) is 25.0. The number of ketones is 1. The molecule has 57 heavy (non-hydrogen) atoms. The molecule has 5 aliphatic heterocycles. The first-order valence-electron chi connectivity index (χ1n) is 17.4. The summed E-state index contributed by atoms with van der Waals surface area (Å²) in [5, 5.41) is 67.8. The molecule has 9 N–H and O–H groups in total. The van der Waals surface area contributed by atoms with E-state index in [4.69, 9.17) is 27.3 Å². The van der Waals surface area contributed by atoms with Crippen LogP contribution in [0.3, 0.4) is 0 Å². The molecular weight excluding hydrogens is 814 g/mol. The number of carbonyl (C=O) groups is 6. The number of carboxylic acid groups (broad SMARTS) is 3. The molecule has 1 aromatic heterocycles. The SMILES string of the molecule is Nc1nc(/C(=N/O[C@@H](CC(=O)O)C(=O)O)C(=O)C[C@@H]2C(=O)N3C(C(=O)O)=C(C[N+]45CCC(CNC(=O)/C(=N\O)c6ccc(O)c(O)c6Cl)(CC4)CC5)CS[C@H]23)cs1. The number of piperidine rings is 3. The van der Waals surface area contributed by atoms with Crippen molar-refractivity contribution in [1.29, 1.82) is 0 Å². The number of aliphatic carboxylic acids is 3. The number of thiazole rings is 1. The summed E-state index contributed by atoms with van der Waals surface area (Å²) in [4.78, 5) is 85.6. The number of carboxylic acids is 3. The Labute approximate surface area is 335 Å². The number of anilines is 1. The Morgan fingerprint density at radius 3 is 2.37 bits per heavy atom. The highest BCUT2D eigenvalue weighted by atomic mass is 35.5. The number of aromatic nitrogens is 1. The summed E-state index contributed by atoms with van der Waals surface area (Å²) in [5.74, 6) is -8.33. The largest absolute Gasteiger partial charge is 0.504 e. The molecule has 23 heteroatoms. The number of phenols is 2. The molecule has 7 rings (SSSR count). The Morgan fingerprint density at radius 1 is 1.11 bits per heavy atom. The van der Waals surface area contributed by atoms with Crippen molar-refractivity contribution in [3.63, 3.8) is 0 Å². The van der Waals surface area contributed by atoms with Crippen LogP contribution in [-0.4, -0.2) is 142 Å². The zero-order valence-corrected chi connectivity index (χ0v) is 32.2. The molecule has 304 valence electrons. The smallest absolute Gasteiger partial charge is 0.352 e. The van der Waals surface area contributed by atoms with Crippen molar-refractivity contribution in [2.45, 2.75) is 43.6 Å². The topological polar surface area (TPSA) is 312 Å². The number of nitrogens with two attached hydrogens (primary N) is 1. The van der Waals surface area contributed by atoms with Crippen LogP contribution >= 0.6 is 34.7 Å². The second-order valence-corrected chi connectivity index (χ2v) is 16.7. The third-order valence-electron chi connectivity index (χ3n) is 10.9. The third-order valence-corrected chi connectivity index (χ3v) is 13.3. The minimum absolute atomic E-state index is 0.0523. The van der Waals surface area contributed by atoms with Crippen LogP contribution in [-0.2, 0) is 33.6 Å². The summed E-state index contributed by atoms with van der Waals surface area (Å²) in [7, 11) is 0. The second kappa shape index (κ2) is 16.2.